The number of likely N-dealkylation sites (tertiary alicyclic amines) is 1. The molecule has 0 aromatic heterocycles. The Labute approximate surface area is 222 Å². The highest BCUT2D eigenvalue weighted by Gasteiger charge is 2.46. The van der Waals surface area contributed by atoms with Gasteiger partial charge in [-0.05, 0) is 53.9 Å². The normalized spacial score (nSPS) is 16.5. The molecule has 1 N–H and O–H groups in total. The number of ketones is 1. The van der Waals surface area contributed by atoms with E-state index < -0.39 is 17.7 Å². The van der Waals surface area contributed by atoms with Crippen molar-refractivity contribution in [3.63, 3.8) is 0 Å². The molecular weight excluding hydrogens is 486 g/mol. The third kappa shape index (κ3) is 5.35. The largest absolute Gasteiger partial charge is 0.507 e. The summed E-state index contributed by atoms with van der Waals surface area (Å²) in [7, 11) is 4.55. The molecule has 8 heteroatoms. The number of nitrogens with zero attached hydrogens (tertiary/aromatic N) is 1. The topological polar surface area (TPSA) is 94.5 Å². The molecular formula is C30H31NO7. The van der Waals surface area contributed by atoms with Crippen LogP contribution in [0, 0.1) is 6.92 Å². The zero-order chi connectivity index (χ0) is 27.2. The van der Waals surface area contributed by atoms with Crippen LogP contribution < -0.4 is 14.2 Å². The molecule has 8 nitrogen and oxygen atoms in total. The predicted molar refractivity (Wildman–Crippen MR) is 142 cm³/mol. The molecule has 1 amide bonds. The summed E-state index contributed by atoms with van der Waals surface area (Å²) in [5, 5.41) is 11.4. The fourth-order valence-corrected chi connectivity index (χ4v) is 4.52. The van der Waals surface area contributed by atoms with Gasteiger partial charge in [0.25, 0.3) is 11.7 Å². The van der Waals surface area contributed by atoms with Gasteiger partial charge in [-0.1, -0.05) is 36.4 Å². The first-order valence-electron chi connectivity index (χ1n) is 12.2. The molecule has 0 spiro atoms. The smallest absolute Gasteiger partial charge is 0.295 e. The number of aryl methyl sites for hydroxylation is 1. The number of hydrogen-bond donors (Lipinski definition) is 1. The lowest BCUT2D eigenvalue weighted by atomic mass is 9.94. The second-order valence-corrected chi connectivity index (χ2v) is 8.85. The fraction of sp³-hybridized carbons (Fsp3) is 0.267. The number of hydrogen-bond acceptors (Lipinski definition) is 7. The van der Waals surface area contributed by atoms with Gasteiger partial charge in [0.15, 0.2) is 11.5 Å². The third-order valence-electron chi connectivity index (χ3n) is 6.49. The first kappa shape index (κ1) is 26.8. The third-order valence-corrected chi connectivity index (χ3v) is 6.49. The average molecular weight is 518 g/mol. The van der Waals surface area contributed by atoms with E-state index in [-0.39, 0.29) is 24.5 Å². The Morgan fingerprint density at radius 3 is 2.26 bits per heavy atom. The fourth-order valence-electron chi connectivity index (χ4n) is 4.52. The molecule has 0 bridgehead atoms. The van der Waals surface area contributed by atoms with Gasteiger partial charge in [0.05, 0.1) is 32.4 Å². The van der Waals surface area contributed by atoms with Crippen LogP contribution in [0.4, 0.5) is 0 Å². The number of aliphatic hydroxyl groups is 1. The number of aliphatic hydroxyl groups excluding tert-OH is 1. The molecule has 198 valence electrons. The molecule has 1 heterocycles. The van der Waals surface area contributed by atoms with Crippen molar-refractivity contribution in [1.82, 2.24) is 4.90 Å². The van der Waals surface area contributed by atoms with Crippen molar-refractivity contribution >= 4 is 17.4 Å². The van der Waals surface area contributed by atoms with Crippen LogP contribution in [-0.2, 0) is 20.9 Å². The van der Waals surface area contributed by atoms with Gasteiger partial charge in [-0.3, -0.25) is 9.59 Å². The van der Waals surface area contributed by atoms with E-state index in [2.05, 4.69) is 0 Å². The summed E-state index contributed by atoms with van der Waals surface area (Å²) in [6, 6.07) is 19.3. The Hall–Kier alpha value is -4.30. The molecule has 0 radical (unpaired) electrons. The molecule has 1 atom stereocenters. The summed E-state index contributed by atoms with van der Waals surface area (Å²) in [5.74, 6) is -0.128. The zero-order valence-corrected chi connectivity index (χ0v) is 21.9. The van der Waals surface area contributed by atoms with Crippen LogP contribution in [0.5, 0.6) is 17.2 Å². The maximum absolute atomic E-state index is 13.2. The molecule has 3 aromatic rings. The van der Waals surface area contributed by atoms with Gasteiger partial charge in [0.2, 0.25) is 0 Å². The Morgan fingerprint density at radius 1 is 0.895 bits per heavy atom. The number of methoxy groups -OCH3 is 3. The van der Waals surface area contributed by atoms with Gasteiger partial charge in [-0.15, -0.1) is 0 Å². The molecule has 4 rings (SSSR count). The van der Waals surface area contributed by atoms with E-state index >= 15 is 0 Å². The van der Waals surface area contributed by atoms with E-state index in [1.54, 1.807) is 36.4 Å². The molecule has 1 aliphatic rings. The number of benzene rings is 3. The second kappa shape index (κ2) is 11.8. The quantitative estimate of drug-likeness (QED) is 0.237. The minimum atomic E-state index is -0.834. The minimum absolute atomic E-state index is 0.00400. The molecule has 1 saturated heterocycles. The van der Waals surface area contributed by atoms with Crippen LogP contribution in [0.3, 0.4) is 0 Å². The van der Waals surface area contributed by atoms with E-state index in [4.69, 9.17) is 18.9 Å². The number of carbonyl (C=O) groups is 2. The molecule has 1 unspecified atom stereocenters. The molecule has 1 fully saturated rings. The van der Waals surface area contributed by atoms with Crippen LogP contribution in [0.15, 0.2) is 72.3 Å². The number of amides is 1. The highest BCUT2D eigenvalue weighted by atomic mass is 16.5. The summed E-state index contributed by atoms with van der Waals surface area (Å²) in [6.07, 6.45) is 0. The van der Waals surface area contributed by atoms with Gasteiger partial charge in [-0.25, -0.2) is 0 Å². The van der Waals surface area contributed by atoms with Crippen molar-refractivity contribution in [2.24, 2.45) is 0 Å². The van der Waals surface area contributed by atoms with Crippen LogP contribution in [-0.4, -0.2) is 56.2 Å². The van der Waals surface area contributed by atoms with E-state index in [0.29, 0.717) is 35.0 Å². The number of rotatable bonds is 10. The lowest BCUT2D eigenvalue weighted by Crippen LogP contribution is -2.32. The first-order chi connectivity index (χ1) is 18.4. The van der Waals surface area contributed by atoms with Crippen LogP contribution in [0.25, 0.3) is 5.76 Å². The Kier molecular flexibility index (Phi) is 8.33. The minimum Gasteiger partial charge on any atom is -0.507 e. The second-order valence-electron chi connectivity index (χ2n) is 8.85. The number of carbonyl (C=O) groups excluding carboxylic acids is 2. The van der Waals surface area contributed by atoms with E-state index in [9.17, 15) is 14.7 Å². The highest BCUT2D eigenvalue weighted by molar-refractivity contribution is 6.46. The molecule has 0 saturated carbocycles. The molecule has 3 aromatic carbocycles. The van der Waals surface area contributed by atoms with Gasteiger partial charge in [-0.2, -0.15) is 0 Å². The lowest BCUT2D eigenvalue weighted by molar-refractivity contribution is -0.140. The highest BCUT2D eigenvalue weighted by Crippen LogP contribution is 2.42. The van der Waals surface area contributed by atoms with Crippen molar-refractivity contribution in [3.05, 3.63) is 94.6 Å². The zero-order valence-electron chi connectivity index (χ0n) is 21.9. The van der Waals surface area contributed by atoms with Crippen molar-refractivity contribution < 1.29 is 33.6 Å². The van der Waals surface area contributed by atoms with E-state index in [1.165, 1.54) is 26.2 Å². The van der Waals surface area contributed by atoms with Crippen molar-refractivity contribution in [1.29, 1.82) is 0 Å². The summed E-state index contributed by atoms with van der Waals surface area (Å²) < 4.78 is 21.9. The van der Waals surface area contributed by atoms with Crippen LogP contribution in [0.2, 0.25) is 0 Å². The van der Waals surface area contributed by atoms with Crippen molar-refractivity contribution in [2.45, 2.75) is 19.6 Å². The van der Waals surface area contributed by atoms with Crippen LogP contribution in [0.1, 0.15) is 28.3 Å². The van der Waals surface area contributed by atoms with Crippen molar-refractivity contribution in [2.75, 3.05) is 34.5 Å². The maximum Gasteiger partial charge on any atom is 0.295 e. The molecule has 0 aliphatic carbocycles. The number of ether oxygens (including phenoxy) is 4. The summed E-state index contributed by atoms with van der Waals surface area (Å²) in [5.41, 5.74) is 2.81. The van der Waals surface area contributed by atoms with Crippen molar-refractivity contribution in [3.8, 4) is 17.2 Å². The first-order valence-corrected chi connectivity index (χ1v) is 12.2. The maximum atomic E-state index is 13.2. The standard InChI is InChI=1S/C30H31NO7/c1-19-16-22(11-12-23(19)38-18-20-8-6-5-7-9-20)28(32)26-27(31(14-15-35-2)30(34)29(26)33)21-10-13-24(36-3)25(17-21)37-4/h5-13,16-17,27,32H,14-15,18H2,1-4H3/b28-26-. The Morgan fingerprint density at radius 2 is 1.61 bits per heavy atom. The van der Waals surface area contributed by atoms with Gasteiger partial charge in [0.1, 0.15) is 18.1 Å². The van der Waals surface area contributed by atoms with Gasteiger partial charge < -0.3 is 29.0 Å². The monoisotopic (exact) mass is 517 g/mol. The average Bonchev–Trinajstić information content (AvgIpc) is 3.20. The van der Waals surface area contributed by atoms with E-state index in [0.717, 1.165) is 11.1 Å². The predicted octanol–water partition coefficient (Wildman–Crippen LogP) is 4.66. The summed E-state index contributed by atoms with van der Waals surface area (Å²) >= 11 is 0. The van der Waals surface area contributed by atoms with E-state index in [1.807, 2.05) is 37.3 Å². The van der Waals surface area contributed by atoms with Gasteiger partial charge in [0, 0.05) is 19.2 Å². The molecule has 1 aliphatic heterocycles. The number of Topliss-reactive ketones (excluding diaryl/α,β-unsaturated/α-hetero) is 1. The van der Waals surface area contributed by atoms with Gasteiger partial charge >= 0.3 is 0 Å². The Bertz CT molecular complexity index is 1350. The molecule has 38 heavy (non-hydrogen) atoms. The lowest BCUT2D eigenvalue weighted by Gasteiger charge is -2.25. The SMILES string of the molecule is COCCN1C(=O)C(=O)/C(=C(\O)c2ccc(OCc3ccccc3)c(C)c2)C1c1ccc(OC)c(OC)c1. The summed E-state index contributed by atoms with van der Waals surface area (Å²) in [4.78, 5) is 27.7. The van der Waals surface area contributed by atoms with Crippen LogP contribution >= 0.6 is 0 Å². The Balaban J connectivity index is 1.73. The summed E-state index contributed by atoms with van der Waals surface area (Å²) in [6.45, 7) is 2.66.